The van der Waals surface area contributed by atoms with E-state index in [9.17, 15) is 4.79 Å². The van der Waals surface area contributed by atoms with Crippen LogP contribution in [0.15, 0.2) is 58.3 Å². The van der Waals surface area contributed by atoms with Gasteiger partial charge in [0.05, 0.1) is 17.8 Å². The number of H-pyrrole nitrogens is 1. The number of halogens is 1. The van der Waals surface area contributed by atoms with Crippen molar-refractivity contribution in [2.75, 3.05) is 5.32 Å². The van der Waals surface area contributed by atoms with Crippen LogP contribution in [0.1, 0.15) is 19.8 Å². The summed E-state index contributed by atoms with van der Waals surface area (Å²) in [7, 11) is 0. The lowest BCUT2D eigenvalue weighted by molar-refractivity contribution is 0.258. The maximum absolute atomic E-state index is 12.7. The first-order valence-electron chi connectivity index (χ1n) is 10.1. The smallest absolute Gasteiger partial charge is 0.348 e. The van der Waals surface area contributed by atoms with E-state index in [-0.39, 0.29) is 5.62 Å². The molecule has 0 bridgehead atoms. The van der Waals surface area contributed by atoms with Crippen LogP contribution in [0.25, 0.3) is 28.3 Å². The Kier molecular flexibility index (Phi) is 5.20. The number of aromatic amines is 1. The second-order valence-electron chi connectivity index (χ2n) is 7.12. The van der Waals surface area contributed by atoms with Crippen molar-refractivity contribution >= 4 is 40.0 Å². The van der Waals surface area contributed by atoms with Crippen molar-refractivity contribution in [3.63, 3.8) is 0 Å². The van der Waals surface area contributed by atoms with Gasteiger partial charge in [-0.1, -0.05) is 31.0 Å². The molecule has 0 spiro atoms. The molecule has 162 valence electrons. The van der Waals surface area contributed by atoms with E-state index < -0.39 is 6.03 Å². The highest BCUT2D eigenvalue weighted by Gasteiger charge is 2.19. The molecule has 0 unspecified atom stereocenters. The summed E-state index contributed by atoms with van der Waals surface area (Å²) < 4.78 is 9.26. The van der Waals surface area contributed by atoms with Gasteiger partial charge in [-0.2, -0.15) is 19.6 Å². The summed E-state index contributed by atoms with van der Waals surface area (Å²) in [6.07, 6.45) is 5.11. The molecule has 0 fully saturated rings. The number of nitrogens with one attached hydrogen (secondary N) is 2. The van der Waals surface area contributed by atoms with Gasteiger partial charge in [-0.3, -0.25) is 9.78 Å². The highest BCUT2D eigenvalue weighted by atomic mass is 35.5. The SMILES string of the molecule is CCCCn1c(-c2ccco2)nc2c3cn[nH]c3nc(=NC(=O)Nc3cccc(Cl)c3)n21. The molecule has 2 amide bonds. The van der Waals surface area contributed by atoms with Gasteiger partial charge >= 0.3 is 6.03 Å². The maximum Gasteiger partial charge on any atom is 0.348 e. The number of furan rings is 1. The maximum atomic E-state index is 12.7. The van der Waals surface area contributed by atoms with Crippen molar-refractivity contribution in [2.45, 2.75) is 26.3 Å². The zero-order valence-electron chi connectivity index (χ0n) is 17.1. The van der Waals surface area contributed by atoms with Gasteiger partial charge in [0.25, 0.3) is 5.62 Å². The number of aryl methyl sites for hydroxylation is 1. The highest BCUT2D eigenvalue weighted by molar-refractivity contribution is 6.30. The molecule has 1 aromatic carbocycles. The minimum absolute atomic E-state index is 0.165. The number of benzene rings is 1. The van der Waals surface area contributed by atoms with E-state index >= 15 is 0 Å². The summed E-state index contributed by atoms with van der Waals surface area (Å²) in [4.78, 5) is 26.3. The molecular weight excluding hydrogens is 432 g/mol. The second-order valence-corrected chi connectivity index (χ2v) is 7.56. The number of nitrogens with zero attached hydrogens (tertiary/aromatic N) is 6. The van der Waals surface area contributed by atoms with Crippen LogP contribution in [0, 0.1) is 0 Å². The highest BCUT2D eigenvalue weighted by Crippen LogP contribution is 2.23. The number of hydrogen-bond donors (Lipinski definition) is 2. The van der Waals surface area contributed by atoms with Crippen molar-refractivity contribution in [3.8, 4) is 11.6 Å². The molecule has 0 aliphatic rings. The van der Waals surface area contributed by atoms with E-state index in [0.717, 1.165) is 12.8 Å². The molecule has 5 aromatic rings. The van der Waals surface area contributed by atoms with Crippen molar-refractivity contribution in [1.29, 1.82) is 0 Å². The van der Waals surface area contributed by atoms with Gasteiger partial charge in [0.15, 0.2) is 22.9 Å². The predicted octanol–water partition coefficient (Wildman–Crippen LogP) is 4.25. The normalized spacial score (nSPS) is 12.1. The minimum Gasteiger partial charge on any atom is -0.461 e. The number of rotatable bonds is 5. The third-order valence-corrected chi connectivity index (χ3v) is 5.14. The van der Waals surface area contributed by atoms with Crippen LogP contribution in [0.2, 0.25) is 5.02 Å². The number of unbranched alkanes of at least 4 members (excludes halogenated alkanes) is 1. The average Bonchev–Trinajstić information content (AvgIpc) is 3.51. The summed E-state index contributed by atoms with van der Waals surface area (Å²) in [6, 6.07) is 9.90. The molecule has 10 nitrogen and oxygen atoms in total. The molecule has 4 heterocycles. The number of fused-ring (bicyclic) bond motifs is 3. The molecule has 32 heavy (non-hydrogen) atoms. The summed E-state index contributed by atoms with van der Waals surface area (Å²) in [6.45, 7) is 2.74. The topological polar surface area (TPSA) is 118 Å². The Morgan fingerprint density at radius 2 is 2.19 bits per heavy atom. The molecule has 0 saturated heterocycles. The molecule has 4 aromatic heterocycles. The van der Waals surface area contributed by atoms with Gasteiger partial charge in [-0.05, 0) is 36.8 Å². The Morgan fingerprint density at radius 3 is 2.97 bits per heavy atom. The molecular formula is C21H19ClN8O2. The molecule has 2 N–H and O–H groups in total. The molecule has 0 radical (unpaired) electrons. The standard InChI is InChI=1S/C21H19ClN8O2/c1-2-3-9-29-19(16-8-5-10-32-16)26-18-15-12-23-28-17(15)25-20(30(18)29)27-21(31)24-14-7-4-6-13(22)11-14/h4-8,10-12H,2-3,9H2,1H3,(H2,24,25,27,28,31). The van der Waals surface area contributed by atoms with E-state index in [1.165, 1.54) is 0 Å². The Hall–Kier alpha value is -3.92. The zero-order chi connectivity index (χ0) is 22.1. The zero-order valence-corrected chi connectivity index (χ0v) is 17.9. The molecule has 5 rings (SSSR count). The Bertz CT molecular complexity index is 1480. The largest absolute Gasteiger partial charge is 0.461 e. The van der Waals surface area contributed by atoms with E-state index in [4.69, 9.17) is 21.0 Å². The van der Waals surface area contributed by atoms with E-state index in [0.29, 0.717) is 45.5 Å². The average molecular weight is 451 g/mol. The monoisotopic (exact) mass is 450 g/mol. The Labute approximate surface area is 186 Å². The third kappa shape index (κ3) is 3.65. The lowest BCUT2D eigenvalue weighted by Crippen LogP contribution is -2.27. The van der Waals surface area contributed by atoms with Crippen LogP contribution in [0.3, 0.4) is 0 Å². The van der Waals surface area contributed by atoms with Gasteiger partial charge in [-0.15, -0.1) is 0 Å². The van der Waals surface area contributed by atoms with Gasteiger partial charge in [0.1, 0.15) is 0 Å². The first-order chi connectivity index (χ1) is 15.6. The summed E-state index contributed by atoms with van der Waals surface area (Å²) >= 11 is 6.01. The summed E-state index contributed by atoms with van der Waals surface area (Å²) in [5.74, 6) is 1.22. The van der Waals surface area contributed by atoms with Crippen LogP contribution >= 0.6 is 11.6 Å². The fourth-order valence-corrected chi connectivity index (χ4v) is 3.64. The van der Waals surface area contributed by atoms with Crippen LogP contribution in [0.5, 0.6) is 0 Å². The van der Waals surface area contributed by atoms with Gasteiger partial charge in [0, 0.05) is 17.3 Å². The Morgan fingerprint density at radius 1 is 1.28 bits per heavy atom. The Balaban J connectivity index is 1.72. The van der Waals surface area contributed by atoms with E-state index in [2.05, 4.69) is 32.4 Å². The van der Waals surface area contributed by atoms with Crippen molar-refractivity contribution in [2.24, 2.45) is 4.99 Å². The second kappa shape index (κ2) is 8.31. The number of amides is 2. The fourth-order valence-electron chi connectivity index (χ4n) is 3.45. The van der Waals surface area contributed by atoms with Crippen molar-refractivity contribution in [1.82, 2.24) is 29.4 Å². The number of carbonyl (C=O) groups is 1. The molecule has 0 aliphatic heterocycles. The number of urea groups is 1. The molecule has 0 atom stereocenters. The first-order valence-corrected chi connectivity index (χ1v) is 10.5. The fraction of sp³-hybridized carbons (Fsp3) is 0.190. The van der Waals surface area contributed by atoms with Crippen LogP contribution in [0.4, 0.5) is 10.5 Å². The van der Waals surface area contributed by atoms with Gasteiger partial charge in [-0.25, -0.2) is 9.78 Å². The summed E-state index contributed by atoms with van der Waals surface area (Å²) in [5, 5.41) is 10.9. The van der Waals surface area contributed by atoms with E-state index in [1.807, 2.05) is 10.7 Å². The van der Waals surface area contributed by atoms with Crippen molar-refractivity contribution < 1.29 is 9.21 Å². The third-order valence-electron chi connectivity index (χ3n) is 4.90. The number of hydrogen-bond acceptors (Lipinski definition) is 5. The lowest BCUT2D eigenvalue weighted by Gasteiger charge is -2.08. The van der Waals surface area contributed by atoms with E-state index in [1.54, 1.807) is 47.3 Å². The van der Waals surface area contributed by atoms with Crippen molar-refractivity contribution in [3.05, 3.63) is 59.5 Å². The molecule has 11 heteroatoms. The quantitative estimate of drug-likeness (QED) is 0.415. The number of carbonyl (C=O) groups excluding carboxylic acids is 1. The number of anilines is 1. The van der Waals surface area contributed by atoms with Gasteiger partial charge < -0.3 is 9.73 Å². The van der Waals surface area contributed by atoms with Gasteiger partial charge in [0.2, 0.25) is 0 Å². The van der Waals surface area contributed by atoms with Crippen LogP contribution < -0.4 is 10.9 Å². The first kappa shape index (κ1) is 20.0. The predicted molar refractivity (Wildman–Crippen MR) is 119 cm³/mol. The van der Waals surface area contributed by atoms with Crippen LogP contribution in [-0.2, 0) is 6.54 Å². The summed E-state index contributed by atoms with van der Waals surface area (Å²) in [5.41, 5.74) is 1.74. The number of aromatic nitrogens is 6. The molecule has 0 aliphatic carbocycles. The molecule has 0 saturated carbocycles. The lowest BCUT2D eigenvalue weighted by atomic mass is 10.3. The van der Waals surface area contributed by atoms with Crippen LogP contribution in [-0.4, -0.2) is 35.4 Å². The minimum atomic E-state index is -0.588.